The molecule has 11 heavy (non-hydrogen) atoms. The normalized spacial score (nSPS) is 16.2. The molecule has 1 unspecified atom stereocenters. The van der Waals surface area contributed by atoms with Crippen LogP contribution in [0.25, 0.3) is 0 Å². The number of carbonyl (C=O) groups is 1. The highest BCUT2D eigenvalue weighted by molar-refractivity contribution is 5.66. The molecule has 0 aromatic rings. The summed E-state index contributed by atoms with van der Waals surface area (Å²) >= 11 is 0. The number of epoxide rings is 1. The Labute approximate surface area is 67.4 Å². The van der Waals surface area contributed by atoms with Gasteiger partial charge in [-0.25, -0.2) is 0 Å². The van der Waals surface area contributed by atoms with E-state index in [4.69, 9.17) is 5.11 Å². The molecular formula is C8H16O3. The van der Waals surface area contributed by atoms with Gasteiger partial charge in [-0.15, -0.1) is 0 Å². The van der Waals surface area contributed by atoms with E-state index < -0.39 is 5.97 Å². The van der Waals surface area contributed by atoms with Crippen LogP contribution in [0.3, 0.4) is 0 Å². The van der Waals surface area contributed by atoms with Crippen molar-refractivity contribution in [3.63, 3.8) is 0 Å². The van der Waals surface area contributed by atoms with Crippen molar-refractivity contribution in [2.75, 3.05) is 13.2 Å². The molecule has 1 rings (SSSR count). The van der Waals surface area contributed by atoms with Crippen LogP contribution in [0.5, 0.6) is 0 Å². The van der Waals surface area contributed by atoms with Crippen molar-refractivity contribution < 1.29 is 14.6 Å². The monoisotopic (exact) mass is 160 g/mol. The second-order valence-corrected chi connectivity index (χ2v) is 2.72. The van der Waals surface area contributed by atoms with Crippen LogP contribution in [0.15, 0.2) is 0 Å². The van der Waals surface area contributed by atoms with Gasteiger partial charge in [0.2, 0.25) is 0 Å². The molecule has 0 radical (unpaired) electrons. The maximum Gasteiger partial charge on any atom is 0.303 e. The third-order valence-corrected chi connectivity index (χ3v) is 1.42. The predicted octanol–water partition coefficient (Wildman–Crippen LogP) is 1.52. The smallest absolute Gasteiger partial charge is 0.303 e. The van der Waals surface area contributed by atoms with Gasteiger partial charge in [0.15, 0.2) is 0 Å². The number of hydrogen-bond acceptors (Lipinski definition) is 2. The van der Waals surface area contributed by atoms with Crippen LogP contribution in [0.4, 0.5) is 0 Å². The number of aliphatic carboxylic acids is 1. The Hall–Kier alpha value is -0.570. The summed E-state index contributed by atoms with van der Waals surface area (Å²) in [5, 5.41) is 8.22. The van der Waals surface area contributed by atoms with Crippen molar-refractivity contribution in [3.8, 4) is 0 Å². The van der Waals surface area contributed by atoms with E-state index in [0.717, 1.165) is 19.6 Å². The number of carboxylic acids is 1. The third-order valence-electron chi connectivity index (χ3n) is 1.42. The highest BCUT2D eigenvalue weighted by Crippen LogP contribution is 2.04. The number of rotatable bonds is 3. The summed E-state index contributed by atoms with van der Waals surface area (Å²) in [5.74, 6) is -0.369. The molecule has 3 nitrogen and oxygen atoms in total. The summed E-state index contributed by atoms with van der Waals surface area (Å²) in [6.07, 6.45) is 1.25. The van der Waals surface area contributed by atoms with Crippen LogP contribution < -0.4 is 0 Å². The van der Waals surface area contributed by atoms with Crippen LogP contribution in [0.2, 0.25) is 0 Å². The van der Waals surface area contributed by atoms with Gasteiger partial charge < -0.3 is 9.84 Å². The van der Waals surface area contributed by atoms with Crippen molar-refractivity contribution in [1.29, 1.82) is 0 Å². The maximum absolute atomic E-state index is 9.97. The molecule has 0 aromatic heterocycles. The Bertz CT molecular complexity index is 107. The van der Waals surface area contributed by atoms with Crippen LogP contribution in [0, 0.1) is 5.92 Å². The fraction of sp³-hybridized carbons (Fsp3) is 0.875. The molecule has 1 fully saturated rings. The summed E-state index contributed by atoms with van der Waals surface area (Å²) in [5.41, 5.74) is 0. The van der Waals surface area contributed by atoms with Gasteiger partial charge in [0.05, 0.1) is 13.2 Å². The largest absolute Gasteiger partial charge is 0.481 e. The third kappa shape index (κ3) is 12.6. The summed E-state index contributed by atoms with van der Waals surface area (Å²) in [6.45, 7) is 5.93. The Kier molecular flexibility index (Phi) is 5.84. The standard InChI is InChI=1S/C6H12O2.C2H4O/c1-3-5(2)4-6(7)8;1-2-3-1/h5H,3-4H2,1-2H3,(H,7,8);1-2H2. The lowest BCUT2D eigenvalue weighted by molar-refractivity contribution is -0.137. The van der Waals surface area contributed by atoms with Crippen molar-refractivity contribution in [1.82, 2.24) is 0 Å². The van der Waals surface area contributed by atoms with Gasteiger partial charge in [-0.3, -0.25) is 4.79 Å². The van der Waals surface area contributed by atoms with Gasteiger partial charge in [0.1, 0.15) is 0 Å². The van der Waals surface area contributed by atoms with Gasteiger partial charge in [-0.05, 0) is 5.92 Å². The first kappa shape index (κ1) is 10.4. The molecule has 1 aliphatic heterocycles. The van der Waals surface area contributed by atoms with E-state index in [1.54, 1.807) is 0 Å². The summed E-state index contributed by atoms with van der Waals surface area (Å²) < 4.78 is 4.50. The minimum absolute atomic E-state index is 0.302. The van der Waals surface area contributed by atoms with Crippen LogP contribution in [0.1, 0.15) is 26.7 Å². The Morgan fingerprint density at radius 2 is 2.09 bits per heavy atom. The number of carboxylic acid groups (broad SMARTS) is 1. The molecule has 0 bridgehead atoms. The fourth-order valence-corrected chi connectivity index (χ4v) is 0.442. The van der Waals surface area contributed by atoms with E-state index in [1.807, 2.05) is 13.8 Å². The first-order chi connectivity index (χ1) is 5.16. The molecule has 0 aromatic carbocycles. The van der Waals surface area contributed by atoms with Gasteiger partial charge in [0, 0.05) is 6.42 Å². The van der Waals surface area contributed by atoms with Crippen LogP contribution >= 0.6 is 0 Å². The quantitative estimate of drug-likeness (QED) is 0.637. The second-order valence-electron chi connectivity index (χ2n) is 2.72. The molecule has 1 aliphatic rings. The zero-order valence-electron chi connectivity index (χ0n) is 7.17. The molecule has 1 atom stereocenters. The van der Waals surface area contributed by atoms with E-state index in [1.165, 1.54) is 0 Å². The van der Waals surface area contributed by atoms with Crippen LogP contribution in [-0.4, -0.2) is 24.3 Å². The lowest BCUT2D eigenvalue weighted by atomic mass is 10.1. The van der Waals surface area contributed by atoms with E-state index in [-0.39, 0.29) is 0 Å². The lowest BCUT2D eigenvalue weighted by Gasteiger charge is -2.00. The first-order valence-corrected chi connectivity index (χ1v) is 3.96. The maximum atomic E-state index is 9.97. The average Bonchev–Trinajstić information content (AvgIpc) is 2.70. The Morgan fingerprint density at radius 3 is 2.18 bits per heavy atom. The zero-order valence-corrected chi connectivity index (χ0v) is 7.17. The second kappa shape index (κ2) is 6.16. The molecule has 1 N–H and O–H groups in total. The van der Waals surface area contributed by atoms with Gasteiger partial charge in [0.25, 0.3) is 0 Å². The molecule has 0 saturated carbocycles. The Morgan fingerprint density at radius 1 is 1.64 bits per heavy atom. The summed E-state index contributed by atoms with van der Waals surface area (Å²) in [4.78, 5) is 9.97. The average molecular weight is 160 g/mol. The van der Waals surface area contributed by atoms with Gasteiger partial charge >= 0.3 is 5.97 Å². The molecule has 0 amide bonds. The van der Waals surface area contributed by atoms with Gasteiger partial charge in [-0.1, -0.05) is 20.3 Å². The highest BCUT2D eigenvalue weighted by Gasteiger charge is 2.02. The summed E-state index contributed by atoms with van der Waals surface area (Å²) in [6, 6.07) is 0. The molecule has 66 valence electrons. The van der Waals surface area contributed by atoms with Crippen molar-refractivity contribution in [2.24, 2.45) is 5.92 Å². The topological polar surface area (TPSA) is 49.8 Å². The van der Waals surface area contributed by atoms with Crippen molar-refractivity contribution >= 4 is 5.97 Å². The van der Waals surface area contributed by atoms with E-state index >= 15 is 0 Å². The molecule has 3 heteroatoms. The highest BCUT2D eigenvalue weighted by atomic mass is 16.6. The number of ether oxygens (including phenoxy) is 1. The number of hydrogen-bond donors (Lipinski definition) is 1. The molecule has 1 heterocycles. The zero-order chi connectivity index (χ0) is 8.69. The van der Waals surface area contributed by atoms with E-state index in [0.29, 0.717) is 12.3 Å². The summed E-state index contributed by atoms with van der Waals surface area (Å²) in [7, 11) is 0. The van der Waals surface area contributed by atoms with Crippen molar-refractivity contribution in [2.45, 2.75) is 26.7 Å². The SMILES string of the molecule is C1CO1.CCC(C)CC(=O)O. The van der Waals surface area contributed by atoms with E-state index in [2.05, 4.69) is 4.74 Å². The lowest BCUT2D eigenvalue weighted by Crippen LogP contribution is -2.02. The fourth-order valence-electron chi connectivity index (χ4n) is 0.442. The van der Waals surface area contributed by atoms with Crippen molar-refractivity contribution in [3.05, 3.63) is 0 Å². The van der Waals surface area contributed by atoms with Crippen LogP contribution in [-0.2, 0) is 9.53 Å². The first-order valence-electron chi connectivity index (χ1n) is 3.96. The molecular weight excluding hydrogens is 144 g/mol. The minimum atomic E-state index is -0.695. The molecule has 1 saturated heterocycles. The Balaban J connectivity index is 0.000000271. The predicted molar refractivity (Wildman–Crippen MR) is 42.5 cm³/mol. The molecule has 0 aliphatic carbocycles. The van der Waals surface area contributed by atoms with Gasteiger partial charge in [-0.2, -0.15) is 0 Å². The van der Waals surface area contributed by atoms with E-state index in [9.17, 15) is 4.79 Å². The molecule has 0 spiro atoms. The minimum Gasteiger partial charge on any atom is -0.481 e.